The number of rotatable bonds is 7. The minimum Gasteiger partial charge on any atom is -0.484 e. The van der Waals surface area contributed by atoms with Crippen LogP contribution in [0.4, 0.5) is 4.39 Å². The Morgan fingerprint density at radius 1 is 1.19 bits per heavy atom. The van der Waals surface area contributed by atoms with E-state index < -0.39 is 0 Å². The normalized spacial score (nSPS) is 15.3. The number of hydrogen-bond donors (Lipinski definition) is 1. The van der Waals surface area contributed by atoms with Gasteiger partial charge in [-0.3, -0.25) is 14.5 Å². The van der Waals surface area contributed by atoms with Crippen molar-refractivity contribution < 1.29 is 18.7 Å². The Morgan fingerprint density at radius 2 is 1.93 bits per heavy atom. The van der Waals surface area contributed by atoms with Crippen molar-refractivity contribution in [3.63, 3.8) is 0 Å². The highest BCUT2D eigenvalue weighted by Crippen LogP contribution is 2.15. The zero-order chi connectivity index (χ0) is 19.1. The molecule has 0 aromatic heterocycles. The third kappa shape index (κ3) is 5.89. The molecule has 1 heterocycles. The highest BCUT2D eigenvalue weighted by Gasteiger charge is 2.20. The first-order valence-electron chi connectivity index (χ1n) is 9.06. The minimum absolute atomic E-state index is 0.0713. The maximum absolute atomic E-state index is 13.0. The summed E-state index contributed by atoms with van der Waals surface area (Å²) in [4.78, 5) is 25.2. The lowest BCUT2D eigenvalue weighted by molar-refractivity contribution is -0.124. The molecular weight excluding hydrogens is 347 g/mol. The number of carbonyl (C=O) groups excluding carboxylic acids is 2. The first-order valence-corrected chi connectivity index (χ1v) is 9.06. The number of halogens is 1. The third-order valence-corrected chi connectivity index (χ3v) is 4.64. The molecule has 3 rings (SSSR count). The Kier molecular flexibility index (Phi) is 6.54. The van der Waals surface area contributed by atoms with Crippen LogP contribution in [0.25, 0.3) is 0 Å². The molecule has 1 fully saturated rings. The van der Waals surface area contributed by atoms with E-state index in [0.29, 0.717) is 11.3 Å². The summed E-state index contributed by atoms with van der Waals surface area (Å²) in [7, 11) is 0. The Morgan fingerprint density at radius 3 is 2.63 bits per heavy atom. The van der Waals surface area contributed by atoms with Gasteiger partial charge in [0.25, 0.3) is 5.91 Å². The van der Waals surface area contributed by atoms with Gasteiger partial charge in [-0.25, -0.2) is 4.39 Å². The molecule has 0 aliphatic carbocycles. The van der Waals surface area contributed by atoms with Crippen molar-refractivity contribution in [2.24, 2.45) is 0 Å². The Balaban J connectivity index is 1.38. The fraction of sp³-hybridized carbons (Fsp3) is 0.333. The first-order chi connectivity index (χ1) is 13.1. The van der Waals surface area contributed by atoms with Crippen LogP contribution in [0.5, 0.6) is 5.75 Å². The number of amides is 1. The highest BCUT2D eigenvalue weighted by atomic mass is 19.1. The van der Waals surface area contributed by atoms with Crippen LogP contribution >= 0.6 is 0 Å². The van der Waals surface area contributed by atoms with E-state index in [-0.39, 0.29) is 24.4 Å². The lowest BCUT2D eigenvalue weighted by Crippen LogP contribution is -2.45. The molecule has 0 atom stereocenters. The molecule has 0 bridgehead atoms. The summed E-state index contributed by atoms with van der Waals surface area (Å²) in [5, 5.41) is 3.00. The summed E-state index contributed by atoms with van der Waals surface area (Å²) in [6.07, 6.45) is 2.48. The molecule has 0 unspecified atom stereocenters. The van der Waals surface area contributed by atoms with Crippen LogP contribution in [0.1, 0.15) is 28.8 Å². The van der Waals surface area contributed by atoms with Gasteiger partial charge in [-0.1, -0.05) is 24.3 Å². The molecule has 27 heavy (non-hydrogen) atoms. The van der Waals surface area contributed by atoms with E-state index in [1.807, 2.05) is 0 Å². The molecule has 5 nitrogen and oxygen atoms in total. The van der Waals surface area contributed by atoms with Gasteiger partial charge < -0.3 is 10.1 Å². The van der Waals surface area contributed by atoms with Crippen molar-refractivity contribution in [2.75, 3.05) is 19.7 Å². The topological polar surface area (TPSA) is 58.6 Å². The molecule has 142 valence electrons. The minimum atomic E-state index is -0.222. The average Bonchev–Trinajstić information content (AvgIpc) is 2.70. The number of carbonyl (C=O) groups is 2. The van der Waals surface area contributed by atoms with Gasteiger partial charge in [0.2, 0.25) is 0 Å². The van der Waals surface area contributed by atoms with E-state index >= 15 is 0 Å². The molecule has 0 saturated carbocycles. The van der Waals surface area contributed by atoms with Crippen molar-refractivity contribution in [3.05, 3.63) is 65.5 Å². The van der Waals surface area contributed by atoms with Crippen molar-refractivity contribution in [1.29, 1.82) is 0 Å². The molecule has 0 radical (unpaired) electrons. The van der Waals surface area contributed by atoms with E-state index in [0.717, 1.165) is 44.3 Å². The second kappa shape index (κ2) is 9.28. The summed E-state index contributed by atoms with van der Waals surface area (Å²) in [5.41, 5.74) is 1.60. The van der Waals surface area contributed by atoms with Gasteiger partial charge in [0.1, 0.15) is 17.9 Å². The lowest BCUT2D eigenvalue weighted by atomic mass is 10.0. The molecular formula is C21H23FN2O3. The largest absolute Gasteiger partial charge is 0.484 e. The van der Waals surface area contributed by atoms with E-state index in [9.17, 15) is 14.0 Å². The highest BCUT2D eigenvalue weighted by molar-refractivity contribution is 5.78. The van der Waals surface area contributed by atoms with Gasteiger partial charge in [0.15, 0.2) is 6.61 Å². The molecule has 2 aromatic carbocycles. The number of aldehydes is 1. The Labute approximate surface area is 158 Å². The van der Waals surface area contributed by atoms with Crippen molar-refractivity contribution >= 4 is 12.2 Å². The number of hydrogen-bond acceptors (Lipinski definition) is 4. The smallest absolute Gasteiger partial charge is 0.258 e. The lowest BCUT2D eigenvalue weighted by Gasteiger charge is -2.32. The SMILES string of the molecule is O=Cc1cccc(OCC(=O)NC2CCN(Cc3ccc(F)cc3)CC2)c1. The molecule has 0 spiro atoms. The standard InChI is InChI=1S/C21H23FN2O3/c22-18-6-4-16(5-7-18)13-24-10-8-19(9-11-24)23-21(26)15-27-20-3-1-2-17(12-20)14-25/h1-7,12,14,19H,8-11,13,15H2,(H,23,26). The predicted octanol–water partition coefficient (Wildman–Crippen LogP) is 2.80. The second-order valence-corrected chi connectivity index (χ2v) is 6.72. The number of benzene rings is 2. The van der Waals surface area contributed by atoms with E-state index in [1.54, 1.807) is 36.4 Å². The van der Waals surface area contributed by atoms with Crippen LogP contribution < -0.4 is 10.1 Å². The number of ether oxygens (including phenoxy) is 1. The summed E-state index contributed by atoms with van der Waals surface area (Å²) < 4.78 is 18.4. The fourth-order valence-corrected chi connectivity index (χ4v) is 3.18. The van der Waals surface area contributed by atoms with Crippen molar-refractivity contribution in [1.82, 2.24) is 10.2 Å². The molecule has 6 heteroatoms. The van der Waals surface area contributed by atoms with Gasteiger partial charge in [0.05, 0.1) is 0 Å². The fourth-order valence-electron chi connectivity index (χ4n) is 3.18. The van der Waals surface area contributed by atoms with E-state index in [4.69, 9.17) is 4.74 Å². The number of likely N-dealkylation sites (tertiary alicyclic amines) is 1. The quantitative estimate of drug-likeness (QED) is 0.762. The maximum Gasteiger partial charge on any atom is 0.258 e. The predicted molar refractivity (Wildman–Crippen MR) is 100 cm³/mol. The van der Waals surface area contributed by atoms with Gasteiger partial charge in [-0.15, -0.1) is 0 Å². The average molecular weight is 370 g/mol. The van der Waals surface area contributed by atoms with Crippen LogP contribution in [0, 0.1) is 5.82 Å². The molecule has 1 aliphatic heterocycles. The third-order valence-electron chi connectivity index (χ3n) is 4.64. The van der Waals surface area contributed by atoms with Gasteiger partial charge >= 0.3 is 0 Å². The zero-order valence-corrected chi connectivity index (χ0v) is 15.1. The van der Waals surface area contributed by atoms with Crippen LogP contribution in [-0.4, -0.2) is 42.8 Å². The summed E-state index contributed by atoms with van der Waals surface area (Å²) in [6.45, 7) is 2.48. The monoisotopic (exact) mass is 370 g/mol. The molecule has 1 amide bonds. The second-order valence-electron chi connectivity index (χ2n) is 6.72. The number of nitrogens with zero attached hydrogens (tertiary/aromatic N) is 1. The zero-order valence-electron chi connectivity index (χ0n) is 15.1. The summed E-state index contributed by atoms with van der Waals surface area (Å²) in [5.74, 6) is 0.118. The van der Waals surface area contributed by atoms with E-state index in [1.165, 1.54) is 12.1 Å². The molecule has 1 aliphatic rings. The Hall–Kier alpha value is -2.73. The van der Waals surface area contributed by atoms with Gasteiger partial charge in [0, 0.05) is 31.2 Å². The van der Waals surface area contributed by atoms with Crippen LogP contribution in [-0.2, 0) is 11.3 Å². The molecule has 1 N–H and O–H groups in total. The van der Waals surface area contributed by atoms with Crippen molar-refractivity contribution in [3.8, 4) is 5.75 Å². The molecule has 2 aromatic rings. The van der Waals surface area contributed by atoms with Crippen LogP contribution in [0.3, 0.4) is 0 Å². The summed E-state index contributed by atoms with van der Waals surface area (Å²) in [6, 6.07) is 13.4. The van der Waals surface area contributed by atoms with Gasteiger partial charge in [-0.05, 0) is 42.7 Å². The van der Waals surface area contributed by atoms with Crippen LogP contribution in [0.15, 0.2) is 48.5 Å². The van der Waals surface area contributed by atoms with Crippen molar-refractivity contribution in [2.45, 2.75) is 25.4 Å². The molecule has 1 saturated heterocycles. The van der Waals surface area contributed by atoms with E-state index in [2.05, 4.69) is 10.2 Å². The van der Waals surface area contributed by atoms with Crippen LogP contribution in [0.2, 0.25) is 0 Å². The number of nitrogens with one attached hydrogen (secondary N) is 1. The maximum atomic E-state index is 13.0. The van der Waals surface area contributed by atoms with Gasteiger partial charge in [-0.2, -0.15) is 0 Å². The number of piperidine rings is 1. The summed E-state index contributed by atoms with van der Waals surface area (Å²) >= 11 is 0. The Bertz CT molecular complexity index is 771. The first kappa shape index (κ1) is 19.0.